The van der Waals surface area contributed by atoms with Crippen LogP contribution >= 0.6 is 0 Å². The van der Waals surface area contributed by atoms with Crippen molar-refractivity contribution >= 4 is 31.6 Å². The van der Waals surface area contributed by atoms with Gasteiger partial charge in [-0.25, -0.2) is 21.5 Å². The predicted octanol–water partition coefficient (Wildman–Crippen LogP) is 1.70. The lowest BCUT2D eigenvalue weighted by molar-refractivity contribution is 0.461. The molecule has 0 unspecified atom stereocenters. The van der Waals surface area contributed by atoms with E-state index >= 15 is 0 Å². The van der Waals surface area contributed by atoms with Crippen molar-refractivity contribution in [2.24, 2.45) is 10.2 Å². The Morgan fingerprint density at radius 1 is 0.931 bits per heavy atom. The third kappa shape index (κ3) is 4.32. The number of azo groups is 1. The Labute approximate surface area is 164 Å². The van der Waals surface area contributed by atoms with Gasteiger partial charge < -0.3 is 9.11 Å². The first-order valence-electron chi connectivity index (χ1n) is 7.83. The number of nitrogens with zero attached hydrogens (tertiary/aromatic N) is 3. The van der Waals surface area contributed by atoms with Crippen LogP contribution in [-0.2, 0) is 20.2 Å². The molecule has 0 atom stereocenters. The van der Waals surface area contributed by atoms with Crippen molar-refractivity contribution in [3.8, 4) is 5.69 Å². The number of aromatic amines is 1. The second-order valence-corrected chi connectivity index (χ2v) is 8.53. The summed E-state index contributed by atoms with van der Waals surface area (Å²) < 4.78 is 68.4. The normalized spacial score (nSPS) is 12.5. The molecule has 3 rings (SSSR count). The molecule has 0 aliphatic rings. The second kappa shape index (κ2) is 7.36. The lowest BCUT2D eigenvalue weighted by Crippen LogP contribution is -2.14. The van der Waals surface area contributed by atoms with Gasteiger partial charge in [0, 0.05) is 0 Å². The van der Waals surface area contributed by atoms with Crippen LogP contribution in [0.15, 0.2) is 73.3 Å². The Morgan fingerprint density at radius 2 is 1.62 bits per heavy atom. The van der Waals surface area contributed by atoms with Gasteiger partial charge in [0.25, 0.3) is 5.56 Å². The van der Waals surface area contributed by atoms with Gasteiger partial charge in [0.1, 0.15) is 25.9 Å². The molecule has 0 fully saturated rings. The lowest BCUT2D eigenvalue weighted by atomic mass is 10.3. The molecule has 1 heterocycles. The van der Waals surface area contributed by atoms with Gasteiger partial charge in [-0.1, -0.05) is 18.2 Å². The van der Waals surface area contributed by atoms with Crippen LogP contribution in [0.1, 0.15) is 5.69 Å². The highest BCUT2D eigenvalue weighted by molar-refractivity contribution is 7.86. The van der Waals surface area contributed by atoms with Crippen molar-refractivity contribution in [3.63, 3.8) is 0 Å². The molecule has 1 N–H and O–H groups in total. The second-order valence-electron chi connectivity index (χ2n) is 5.80. The Kier molecular flexibility index (Phi) is 5.23. The third-order valence-corrected chi connectivity index (χ3v) is 5.51. The zero-order chi connectivity index (χ0) is 21.4. The van der Waals surface area contributed by atoms with Gasteiger partial charge in [0.05, 0.1) is 21.2 Å². The number of hydrogen-bond donors (Lipinski definition) is 1. The van der Waals surface area contributed by atoms with Crippen molar-refractivity contribution in [2.45, 2.75) is 16.7 Å². The average Bonchev–Trinajstić information content (AvgIpc) is 2.93. The third-order valence-electron chi connectivity index (χ3n) is 3.80. The number of aromatic nitrogens is 2. The molecule has 3 aromatic rings. The molecule has 0 aliphatic heterocycles. The largest absolute Gasteiger partial charge is 0.744 e. The molecule has 1 aromatic heterocycles. The molecule has 0 radical (unpaired) electrons. The Bertz CT molecular complexity index is 1390. The molecule has 152 valence electrons. The average molecular weight is 436 g/mol. The monoisotopic (exact) mass is 436 g/mol. The maximum absolute atomic E-state index is 12.6. The molecule has 11 nitrogen and oxygen atoms in total. The summed E-state index contributed by atoms with van der Waals surface area (Å²) in [6, 6.07) is 9.89. The highest BCUT2D eigenvalue weighted by atomic mass is 32.2. The molecular formula is C16H12N4O7S2-2. The number of hydrogen-bond acceptors (Lipinski definition) is 9. The summed E-state index contributed by atoms with van der Waals surface area (Å²) in [5, 5.41) is 10.1. The minimum Gasteiger partial charge on any atom is -0.744 e. The van der Waals surface area contributed by atoms with Gasteiger partial charge in [-0.15, -0.1) is 10.2 Å². The molecule has 29 heavy (non-hydrogen) atoms. The van der Waals surface area contributed by atoms with Crippen molar-refractivity contribution in [1.82, 2.24) is 9.78 Å². The number of benzene rings is 2. The van der Waals surface area contributed by atoms with Crippen molar-refractivity contribution in [1.29, 1.82) is 0 Å². The first-order chi connectivity index (χ1) is 13.5. The fourth-order valence-corrected chi connectivity index (χ4v) is 3.59. The van der Waals surface area contributed by atoms with Gasteiger partial charge in [0.2, 0.25) is 0 Å². The van der Waals surface area contributed by atoms with Crippen LogP contribution in [0.25, 0.3) is 5.69 Å². The van der Waals surface area contributed by atoms with E-state index in [1.807, 2.05) is 0 Å². The van der Waals surface area contributed by atoms with E-state index in [0.717, 1.165) is 22.9 Å². The number of nitrogens with one attached hydrogen (secondary N) is 1. The van der Waals surface area contributed by atoms with Crippen LogP contribution in [0, 0.1) is 6.92 Å². The minimum absolute atomic E-state index is 0.0685. The summed E-state index contributed by atoms with van der Waals surface area (Å²) in [5.74, 6) is 0. The molecule has 2 aromatic carbocycles. The zero-order valence-electron chi connectivity index (χ0n) is 14.6. The number of rotatable bonds is 5. The van der Waals surface area contributed by atoms with Crippen LogP contribution < -0.4 is 5.56 Å². The lowest BCUT2D eigenvalue weighted by Gasteiger charge is -2.08. The van der Waals surface area contributed by atoms with Crippen LogP contribution in [0.4, 0.5) is 11.4 Å². The maximum Gasteiger partial charge on any atom is 0.299 e. The summed E-state index contributed by atoms with van der Waals surface area (Å²) in [5.41, 5.74) is -0.864. The van der Waals surface area contributed by atoms with E-state index in [4.69, 9.17) is 0 Å². The molecule has 13 heteroatoms. The molecule has 0 spiro atoms. The van der Waals surface area contributed by atoms with E-state index in [9.17, 15) is 30.7 Å². The van der Waals surface area contributed by atoms with Crippen molar-refractivity contribution < 1.29 is 25.9 Å². The smallest absolute Gasteiger partial charge is 0.299 e. The highest BCUT2D eigenvalue weighted by Gasteiger charge is 2.14. The van der Waals surface area contributed by atoms with E-state index in [1.165, 1.54) is 37.3 Å². The predicted molar refractivity (Wildman–Crippen MR) is 97.7 cm³/mol. The van der Waals surface area contributed by atoms with Gasteiger partial charge in [-0.05, 0) is 37.3 Å². The molecule has 0 saturated heterocycles. The van der Waals surface area contributed by atoms with Crippen LogP contribution in [0.3, 0.4) is 0 Å². The van der Waals surface area contributed by atoms with Gasteiger partial charge in [-0.2, -0.15) is 0 Å². The highest BCUT2D eigenvalue weighted by Crippen LogP contribution is 2.26. The summed E-state index contributed by atoms with van der Waals surface area (Å²) in [6.07, 6.45) is 0. The summed E-state index contributed by atoms with van der Waals surface area (Å²) in [4.78, 5) is 11.5. The van der Waals surface area contributed by atoms with E-state index in [-0.39, 0.29) is 22.8 Å². The Morgan fingerprint density at radius 3 is 2.28 bits per heavy atom. The van der Waals surface area contributed by atoms with E-state index in [2.05, 4.69) is 15.3 Å². The van der Waals surface area contributed by atoms with Gasteiger partial charge in [0.15, 0.2) is 5.69 Å². The molecule has 0 amide bonds. The maximum atomic E-state index is 12.6. The standard InChI is InChI=1S/C16H14N4O7S2/c1-10-15(18-17-13-7-2-3-8-14(13)29(25,26)27)16(21)20(19-10)11-5-4-6-12(9-11)28(22,23)24/h2-9,19H,1H3,(H,22,23,24)(H,25,26,27)/p-2. The minimum atomic E-state index is -4.80. The SMILES string of the molecule is Cc1[nH]n(-c2cccc(S(=O)(=O)[O-])c2)c(=O)c1N=Nc1ccccc1S(=O)(=O)[O-]. The van der Waals surface area contributed by atoms with Crippen LogP contribution in [-0.4, -0.2) is 35.7 Å². The van der Waals surface area contributed by atoms with Crippen molar-refractivity contribution in [3.05, 3.63) is 64.6 Å². The molecular weight excluding hydrogens is 424 g/mol. The van der Waals surface area contributed by atoms with E-state index in [1.54, 1.807) is 0 Å². The van der Waals surface area contributed by atoms with Crippen LogP contribution in [0.2, 0.25) is 0 Å². The zero-order valence-corrected chi connectivity index (χ0v) is 16.3. The quantitative estimate of drug-likeness (QED) is 0.467. The molecule has 0 bridgehead atoms. The first-order valence-corrected chi connectivity index (χ1v) is 10.6. The summed E-state index contributed by atoms with van der Waals surface area (Å²) in [7, 11) is -9.52. The molecule has 0 aliphatic carbocycles. The van der Waals surface area contributed by atoms with E-state index < -0.39 is 35.6 Å². The van der Waals surface area contributed by atoms with Crippen molar-refractivity contribution in [2.75, 3.05) is 0 Å². The topological polar surface area (TPSA) is 177 Å². The van der Waals surface area contributed by atoms with Gasteiger partial charge >= 0.3 is 0 Å². The van der Waals surface area contributed by atoms with Gasteiger partial charge in [-0.3, -0.25) is 9.89 Å². The Hall–Kier alpha value is -3.13. The fraction of sp³-hybridized carbons (Fsp3) is 0.0625. The number of H-pyrrole nitrogens is 1. The first kappa shape index (κ1) is 20.6. The Balaban J connectivity index is 2.07. The van der Waals surface area contributed by atoms with Crippen LogP contribution in [0.5, 0.6) is 0 Å². The van der Waals surface area contributed by atoms with E-state index in [0.29, 0.717) is 0 Å². The summed E-state index contributed by atoms with van der Waals surface area (Å²) >= 11 is 0. The molecule has 0 saturated carbocycles. The summed E-state index contributed by atoms with van der Waals surface area (Å²) in [6.45, 7) is 1.48. The number of aryl methyl sites for hydroxylation is 1. The fourth-order valence-electron chi connectivity index (χ4n) is 2.47.